The van der Waals surface area contributed by atoms with Gasteiger partial charge in [0.05, 0.1) is 7.11 Å². The normalized spacial score (nSPS) is 12.2. The van der Waals surface area contributed by atoms with Crippen molar-refractivity contribution in [3.05, 3.63) is 59.2 Å². The number of rotatable bonds is 3. The molecular weight excluding hydrogens is 254 g/mol. The number of hydrogen-bond donors (Lipinski definition) is 2. The van der Waals surface area contributed by atoms with Crippen LogP contribution in [-0.4, -0.2) is 17.3 Å². The Morgan fingerprint density at radius 3 is 2.37 bits per heavy atom. The van der Waals surface area contributed by atoms with E-state index >= 15 is 0 Å². The first-order valence-electron chi connectivity index (χ1n) is 5.54. The zero-order chi connectivity index (χ0) is 14.0. The Balaban J connectivity index is 2.53. The van der Waals surface area contributed by atoms with Gasteiger partial charge in [0.2, 0.25) is 5.82 Å². The van der Waals surface area contributed by atoms with Gasteiger partial charge in [-0.05, 0) is 18.2 Å². The van der Waals surface area contributed by atoms with Crippen LogP contribution in [0.25, 0.3) is 0 Å². The third-order valence-electron chi connectivity index (χ3n) is 2.81. The van der Waals surface area contributed by atoms with Crippen LogP contribution < -0.4 is 4.74 Å². The number of ether oxygens (including phenoxy) is 1. The smallest absolute Gasteiger partial charge is 0.200 e. The van der Waals surface area contributed by atoms with E-state index in [0.29, 0.717) is 0 Å². The zero-order valence-corrected chi connectivity index (χ0v) is 10.1. The highest BCUT2D eigenvalue weighted by Gasteiger charge is 2.22. The first kappa shape index (κ1) is 13.3. The summed E-state index contributed by atoms with van der Waals surface area (Å²) in [6, 6.07) is 8.20. The largest absolute Gasteiger partial charge is 0.508 e. The Hall–Kier alpha value is -2.14. The third-order valence-corrected chi connectivity index (χ3v) is 2.81. The minimum atomic E-state index is -1.31. The molecule has 0 amide bonds. The van der Waals surface area contributed by atoms with Crippen molar-refractivity contribution < 1.29 is 23.7 Å². The van der Waals surface area contributed by atoms with Crippen LogP contribution in [0.4, 0.5) is 8.78 Å². The standard InChI is InChI=1S/C14H12F2O3/c1-19-14-9(6-7-10(15)12(14)16)13(18)8-4-2-3-5-11(8)17/h2-7,13,17-18H,1H3. The van der Waals surface area contributed by atoms with E-state index < -0.39 is 17.7 Å². The van der Waals surface area contributed by atoms with Gasteiger partial charge in [-0.3, -0.25) is 0 Å². The van der Waals surface area contributed by atoms with Crippen molar-refractivity contribution in [1.29, 1.82) is 0 Å². The summed E-state index contributed by atoms with van der Waals surface area (Å²) < 4.78 is 31.5. The molecule has 0 aromatic heterocycles. The summed E-state index contributed by atoms with van der Waals surface area (Å²) in [7, 11) is 1.18. The van der Waals surface area contributed by atoms with Crippen LogP contribution in [-0.2, 0) is 0 Å². The average molecular weight is 266 g/mol. The first-order chi connectivity index (χ1) is 9.06. The Bertz CT molecular complexity index is 599. The molecule has 0 aliphatic carbocycles. The average Bonchev–Trinajstić information content (AvgIpc) is 2.41. The van der Waals surface area contributed by atoms with E-state index in [2.05, 4.69) is 0 Å². The number of phenolic OH excluding ortho intramolecular Hbond substituents is 1. The van der Waals surface area contributed by atoms with Gasteiger partial charge in [0.15, 0.2) is 11.6 Å². The number of aromatic hydroxyl groups is 1. The van der Waals surface area contributed by atoms with Gasteiger partial charge in [-0.2, -0.15) is 4.39 Å². The lowest BCUT2D eigenvalue weighted by Crippen LogP contribution is -2.05. The lowest BCUT2D eigenvalue weighted by Gasteiger charge is -2.16. The molecule has 19 heavy (non-hydrogen) atoms. The Labute approximate surface area is 108 Å². The van der Waals surface area contributed by atoms with Crippen molar-refractivity contribution in [1.82, 2.24) is 0 Å². The molecule has 0 spiro atoms. The van der Waals surface area contributed by atoms with Crippen LogP contribution in [0.1, 0.15) is 17.2 Å². The molecular formula is C14H12F2O3. The molecule has 1 unspecified atom stereocenters. The summed E-state index contributed by atoms with van der Waals surface area (Å²) in [5.74, 6) is -2.75. The number of phenols is 1. The van der Waals surface area contributed by atoms with Gasteiger partial charge in [0.25, 0.3) is 0 Å². The molecule has 2 aromatic rings. The van der Waals surface area contributed by atoms with E-state index in [1.54, 1.807) is 12.1 Å². The van der Waals surface area contributed by atoms with E-state index in [4.69, 9.17) is 4.74 Å². The van der Waals surface area contributed by atoms with Crippen LogP contribution in [0.5, 0.6) is 11.5 Å². The third kappa shape index (κ3) is 2.37. The fraction of sp³-hybridized carbons (Fsp3) is 0.143. The molecule has 0 fully saturated rings. The molecule has 3 nitrogen and oxygen atoms in total. The summed E-state index contributed by atoms with van der Waals surface area (Å²) in [6.45, 7) is 0. The number of para-hydroxylation sites is 1. The maximum Gasteiger partial charge on any atom is 0.200 e. The van der Waals surface area contributed by atoms with Crippen LogP contribution >= 0.6 is 0 Å². The number of halogens is 2. The van der Waals surface area contributed by atoms with Gasteiger partial charge in [-0.1, -0.05) is 18.2 Å². The van der Waals surface area contributed by atoms with E-state index in [1.165, 1.54) is 25.3 Å². The van der Waals surface area contributed by atoms with E-state index in [1.807, 2.05) is 0 Å². The minimum Gasteiger partial charge on any atom is -0.508 e. The van der Waals surface area contributed by atoms with Gasteiger partial charge in [0, 0.05) is 11.1 Å². The molecule has 100 valence electrons. The number of hydrogen-bond acceptors (Lipinski definition) is 3. The summed E-state index contributed by atoms with van der Waals surface area (Å²) in [6.07, 6.45) is -1.31. The summed E-state index contributed by atoms with van der Waals surface area (Å²) in [4.78, 5) is 0. The Kier molecular flexibility index (Phi) is 3.66. The molecule has 2 aromatic carbocycles. The second kappa shape index (κ2) is 5.24. The molecule has 0 aliphatic heterocycles. The Morgan fingerprint density at radius 2 is 1.74 bits per heavy atom. The molecule has 2 N–H and O–H groups in total. The van der Waals surface area contributed by atoms with E-state index in [-0.39, 0.29) is 22.6 Å². The van der Waals surface area contributed by atoms with Crippen molar-refractivity contribution in [2.45, 2.75) is 6.10 Å². The first-order valence-corrected chi connectivity index (χ1v) is 5.54. The fourth-order valence-electron chi connectivity index (χ4n) is 1.86. The minimum absolute atomic E-state index is 0.0444. The summed E-state index contributed by atoms with van der Waals surface area (Å²) in [5, 5.41) is 19.8. The van der Waals surface area contributed by atoms with Crippen molar-refractivity contribution in [2.24, 2.45) is 0 Å². The summed E-state index contributed by atoms with van der Waals surface area (Å²) >= 11 is 0. The van der Waals surface area contributed by atoms with E-state index in [9.17, 15) is 19.0 Å². The molecule has 2 rings (SSSR count). The highest BCUT2D eigenvalue weighted by atomic mass is 19.2. The molecule has 1 atom stereocenters. The van der Waals surface area contributed by atoms with Crippen molar-refractivity contribution in [3.8, 4) is 11.5 Å². The van der Waals surface area contributed by atoms with Crippen molar-refractivity contribution in [2.75, 3.05) is 7.11 Å². The SMILES string of the molecule is COc1c(C(O)c2ccccc2O)ccc(F)c1F. The molecule has 0 radical (unpaired) electrons. The number of benzene rings is 2. The van der Waals surface area contributed by atoms with Gasteiger partial charge in [-0.15, -0.1) is 0 Å². The van der Waals surface area contributed by atoms with Gasteiger partial charge in [0.1, 0.15) is 11.9 Å². The summed E-state index contributed by atoms with van der Waals surface area (Å²) in [5.41, 5.74) is 0.231. The lowest BCUT2D eigenvalue weighted by atomic mass is 9.99. The fourth-order valence-corrected chi connectivity index (χ4v) is 1.86. The molecule has 0 heterocycles. The lowest BCUT2D eigenvalue weighted by molar-refractivity contribution is 0.208. The molecule has 0 saturated heterocycles. The number of methoxy groups -OCH3 is 1. The monoisotopic (exact) mass is 266 g/mol. The predicted octanol–water partition coefficient (Wildman–Crippen LogP) is 2.76. The topological polar surface area (TPSA) is 49.7 Å². The van der Waals surface area contributed by atoms with Crippen LogP contribution in [0, 0.1) is 11.6 Å². The molecule has 5 heteroatoms. The van der Waals surface area contributed by atoms with Crippen LogP contribution in [0.15, 0.2) is 36.4 Å². The molecule has 0 bridgehead atoms. The molecule has 0 saturated carbocycles. The van der Waals surface area contributed by atoms with Crippen LogP contribution in [0.2, 0.25) is 0 Å². The van der Waals surface area contributed by atoms with Gasteiger partial charge < -0.3 is 14.9 Å². The molecule has 0 aliphatic rings. The Morgan fingerprint density at radius 1 is 1.05 bits per heavy atom. The highest BCUT2D eigenvalue weighted by molar-refractivity contribution is 5.45. The maximum absolute atomic E-state index is 13.6. The number of aliphatic hydroxyl groups excluding tert-OH is 1. The maximum atomic E-state index is 13.6. The van der Waals surface area contributed by atoms with Crippen molar-refractivity contribution in [3.63, 3.8) is 0 Å². The zero-order valence-electron chi connectivity index (χ0n) is 10.1. The second-order valence-corrected chi connectivity index (χ2v) is 3.95. The number of aliphatic hydroxyl groups is 1. The predicted molar refractivity (Wildman–Crippen MR) is 65.1 cm³/mol. The van der Waals surface area contributed by atoms with Crippen molar-refractivity contribution >= 4 is 0 Å². The second-order valence-electron chi connectivity index (χ2n) is 3.95. The highest BCUT2D eigenvalue weighted by Crippen LogP contribution is 2.36. The van der Waals surface area contributed by atoms with E-state index in [0.717, 1.165) is 6.07 Å². The van der Waals surface area contributed by atoms with Gasteiger partial charge in [-0.25, -0.2) is 4.39 Å². The quantitative estimate of drug-likeness (QED) is 0.898. The van der Waals surface area contributed by atoms with Gasteiger partial charge >= 0.3 is 0 Å². The van der Waals surface area contributed by atoms with Crippen LogP contribution in [0.3, 0.4) is 0 Å².